The van der Waals surface area contributed by atoms with Crippen molar-refractivity contribution in [3.8, 4) is 51.0 Å². The molecule has 0 aliphatic heterocycles. The highest BCUT2D eigenvalue weighted by molar-refractivity contribution is 6.11. The molecule has 0 unspecified atom stereocenters. The first-order valence-corrected chi connectivity index (χ1v) is 16.6. The third kappa shape index (κ3) is 4.65. The first kappa shape index (κ1) is 28.1. The maximum Gasteiger partial charge on any atom is 0.165 e. The van der Waals surface area contributed by atoms with E-state index in [4.69, 9.17) is 15.0 Å². The van der Waals surface area contributed by atoms with Gasteiger partial charge < -0.3 is 9.55 Å². The van der Waals surface area contributed by atoms with E-state index >= 15 is 0 Å². The number of rotatable bonds is 5. The first-order valence-electron chi connectivity index (χ1n) is 16.6. The zero-order chi connectivity index (χ0) is 33.0. The van der Waals surface area contributed by atoms with Crippen LogP contribution in [0.25, 0.3) is 94.6 Å². The van der Waals surface area contributed by atoms with E-state index in [2.05, 4.69) is 124 Å². The third-order valence-corrected chi connectivity index (χ3v) is 9.48. The lowest BCUT2D eigenvalue weighted by Gasteiger charge is -2.11. The average Bonchev–Trinajstić information content (AvgIpc) is 3.73. The monoisotopic (exact) mass is 640 g/mol. The quantitative estimate of drug-likeness (QED) is 0.203. The second-order valence-corrected chi connectivity index (χ2v) is 12.5. The number of hydrogen-bond donors (Lipinski definition) is 1. The number of nitrogens with zero attached hydrogens (tertiary/aromatic N) is 5. The average molecular weight is 641 g/mol. The molecular formula is C44H28N6. The molecule has 0 amide bonds. The molecule has 6 nitrogen and oxygen atoms in total. The van der Waals surface area contributed by atoms with Gasteiger partial charge in [-0.25, -0.2) is 15.0 Å². The van der Waals surface area contributed by atoms with Gasteiger partial charge in [0.15, 0.2) is 17.5 Å². The molecular weight excluding hydrogens is 613 g/mol. The predicted molar refractivity (Wildman–Crippen MR) is 203 cm³/mol. The van der Waals surface area contributed by atoms with Gasteiger partial charge in [-0.05, 0) is 83.9 Å². The molecule has 0 fully saturated rings. The van der Waals surface area contributed by atoms with Crippen LogP contribution in [0.5, 0.6) is 0 Å². The number of nitrogens with one attached hydrogen (secondary N) is 1. The van der Waals surface area contributed by atoms with E-state index in [-0.39, 0.29) is 0 Å². The summed E-state index contributed by atoms with van der Waals surface area (Å²) in [7, 11) is 0. The Labute approximate surface area is 287 Å². The Morgan fingerprint density at radius 3 is 1.76 bits per heavy atom. The van der Waals surface area contributed by atoms with E-state index < -0.39 is 0 Å². The Hall–Kier alpha value is -6.92. The Morgan fingerprint density at radius 2 is 0.980 bits per heavy atom. The molecule has 0 aliphatic rings. The second-order valence-electron chi connectivity index (χ2n) is 12.5. The normalized spacial score (nSPS) is 11.6. The SMILES string of the molecule is c1ccc(-c2nc(-c3ccc(-n4c5ccccc5c5cc(-c6ccc7[nH]c8ccccc8c7c6)ccc54)cc3)nc(-c3cccnc3)n2)cc1. The minimum Gasteiger partial charge on any atom is -0.355 e. The van der Waals surface area contributed by atoms with Gasteiger partial charge in [0, 0.05) is 67.3 Å². The molecule has 0 spiro atoms. The number of H-pyrrole nitrogens is 1. The Kier molecular flexibility index (Phi) is 6.39. The number of benzene rings is 6. The van der Waals surface area contributed by atoms with Crippen LogP contribution in [0.1, 0.15) is 0 Å². The molecule has 0 atom stereocenters. The van der Waals surface area contributed by atoms with Crippen molar-refractivity contribution in [2.45, 2.75) is 0 Å². The lowest BCUT2D eigenvalue weighted by Crippen LogP contribution is -2.00. The maximum absolute atomic E-state index is 4.91. The molecule has 50 heavy (non-hydrogen) atoms. The van der Waals surface area contributed by atoms with Crippen molar-refractivity contribution < 1.29 is 0 Å². The summed E-state index contributed by atoms with van der Waals surface area (Å²) in [6.07, 6.45) is 3.53. The van der Waals surface area contributed by atoms with E-state index in [1.165, 1.54) is 32.7 Å². The summed E-state index contributed by atoms with van der Waals surface area (Å²) >= 11 is 0. The van der Waals surface area contributed by atoms with Crippen molar-refractivity contribution in [3.63, 3.8) is 0 Å². The predicted octanol–water partition coefficient (Wildman–Crippen LogP) is 10.7. The summed E-state index contributed by atoms with van der Waals surface area (Å²) in [6.45, 7) is 0. The van der Waals surface area contributed by atoms with Crippen LogP contribution in [0.2, 0.25) is 0 Å². The Morgan fingerprint density at radius 1 is 0.400 bits per heavy atom. The van der Waals surface area contributed by atoms with Gasteiger partial charge in [0.2, 0.25) is 0 Å². The number of fused-ring (bicyclic) bond motifs is 6. The van der Waals surface area contributed by atoms with Crippen molar-refractivity contribution >= 4 is 43.6 Å². The fourth-order valence-corrected chi connectivity index (χ4v) is 7.06. The molecule has 6 heteroatoms. The third-order valence-electron chi connectivity index (χ3n) is 9.48. The Balaban J connectivity index is 1.07. The van der Waals surface area contributed by atoms with Gasteiger partial charge in [-0.15, -0.1) is 0 Å². The van der Waals surface area contributed by atoms with Crippen molar-refractivity contribution in [2.24, 2.45) is 0 Å². The molecule has 4 heterocycles. The number of hydrogen-bond acceptors (Lipinski definition) is 4. The summed E-state index contributed by atoms with van der Waals surface area (Å²) < 4.78 is 2.34. The molecule has 6 aromatic carbocycles. The van der Waals surface area contributed by atoms with Crippen molar-refractivity contribution in [1.82, 2.24) is 29.5 Å². The molecule has 234 valence electrons. The van der Waals surface area contributed by atoms with Gasteiger partial charge in [-0.2, -0.15) is 0 Å². The number of para-hydroxylation sites is 2. The van der Waals surface area contributed by atoms with Crippen molar-refractivity contribution in [2.75, 3.05) is 0 Å². The summed E-state index contributed by atoms with van der Waals surface area (Å²) in [4.78, 5) is 22.5. The second kappa shape index (κ2) is 11.4. The first-order chi connectivity index (χ1) is 24.8. The highest BCUT2D eigenvalue weighted by atomic mass is 15.0. The van der Waals surface area contributed by atoms with Gasteiger partial charge in [-0.1, -0.05) is 78.9 Å². The van der Waals surface area contributed by atoms with Crippen LogP contribution in [0.4, 0.5) is 0 Å². The van der Waals surface area contributed by atoms with Gasteiger partial charge >= 0.3 is 0 Å². The molecule has 0 aliphatic carbocycles. The highest BCUT2D eigenvalue weighted by Crippen LogP contribution is 2.37. The minimum atomic E-state index is 0.591. The molecule has 10 rings (SSSR count). The molecule has 0 saturated heterocycles. The molecule has 0 radical (unpaired) electrons. The van der Waals surface area contributed by atoms with E-state index in [0.717, 1.165) is 44.4 Å². The van der Waals surface area contributed by atoms with E-state index in [1.807, 2.05) is 42.5 Å². The lowest BCUT2D eigenvalue weighted by atomic mass is 10.0. The van der Waals surface area contributed by atoms with E-state index in [9.17, 15) is 0 Å². The summed E-state index contributed by atoms with van der Waals surface area (Å²) in [5.41, 5.74) is 10.8. The van der Waals surface area contributed by atoms with E-state index in [0.29, 0.717) is 17.5 Å². The smallest absolute Gasteiger partial charge is 0.165 e. The van der Waals surface area contributed by atoms with Gasteiger partial charge in [-0.3, -0.25) is 4.98 Å². The maximum atomic E-state index is 4.91. The Bertz CT molecular complexity index is 2800. The summed E-state index contributed by atoms with van der Waals surface area (Å²) in [6, 6.07) is 53.0. The van der Waals surface area contributed by atoms with Crippen molar-refractivity contribution in [3.05, 3.63) is 164 Å². The van der Waals surface area contributed by atoms with Crippen LogP contribution in [0, 0.1) is 0 Å². The molecule has 10 aromatic rings. The number of pyridine rings is 1. The van der Waals surface area contributed by atoms with Crippen LogP contribution in [0.3, 0.4) is 0 Å². The molecule has 4 aromatic heterocycles. The van der Waals surface area contributed by atoms with Gasteiger partial charge in [0.25, 0.3) is 0 Å². The standard InChI is InChI=1S/C44H28N6/c1-2-9-28(10-3-1)42-47-43(49-44(48-42)32-11-8-24-45-27-32)29-16-20-33(21-17-29)50-40-15-7-5-13-35(40)37-26-31(19-23-41(37)50)30-18-22-39-36(25-30)34-12-4-6-14-38(34)46-39/h1-27,46H. The molecule has 0 bridgehead atoms. The summed E-state index contributed by atoms with van der Waals surface area (Å²) in [5.74, 6) is 1.83. The van der Waals surface area contributed by atoms with Crippen LogP contribution in [-0.4, -0.2) is 29.5 Å². The van der Waals surface area contributed by atoms with Crippen LogP contribution in [0.15, 0.2) is 164 Å². The largest absolute Gasteiger partial charge is 0.355 e. The van der Waals surface area contributed by atoms with Gasteiger partial charge in [0.05, 0.1) is 11.0 Å². The van der Waals surface area contributed by atoms with Gasteiger partial charge in [0.1, 0.15) is 0 Å². The van der Waals surface area contributed by atoms with Crippen LogP contribution >= 0.6 is 0 Å². The lowest BCUT2D eigenvalue weighted by molar-refractivity contribution is 1.07. The zero-order valence-corrected chi connectivity index (χ0v) is 26.8. The van der Waals surface area contributed by atoms with E-state index in [1.54, 1.807) is 12.4 Å². The minimum absolute atomic E-state index is 0.591. The number of aromatic amines is 1. The summed E-state index contributed by atoms with van der Waals surface area (Å²) in [5, 5.41) is 4.91. The topological polar surface area (TPSA) is 72.3 Å². The molecule has 0 saturated carbocycles. The van der Waals surface area contributed by atoms with Crippen molar-refractivity contribution in [1.29, 1.82) is 0 Å². The zero-order valence-electron chi connectivity index (χ0n) is 26.8. The highest BCUT2D eigenvalue weighted by Gasteiger charge is 2.16. The fourth-order valence-electron chi connectivity index (χ4n) is 7.06. The number of aromatic nitrogens is 6. The fraction of sp³-hybridized carbons (Fsp3) is 0. The molecule has 1 N–H and O–H groups in total. The van der Waals surface area contributed by atoms with Crippen LogP contribution < -0.4 is 0 Å². The van der Waals surface area contributed by atoms with Crippen LogP contribution in [-0.2, 0) is 0 Å².